The maximum Gasteiger partial charge on any atom is 0.256 e. The van der Waals surface area contributed by atoms with Crippen LogP contribution in [-0.2, 0) is 13.1 Å². The second kappa shape index (κ2) is 6.16. The van der Waals surface area contributed by atoms with Crippen LogP contribution in [0.5, 0.6) is 0 Å². The molecule has 0 bridgehead atoms. The largest absolute Gasteiger partial charge is 0.327 e. The number of carbonyl (C=O) groups excluding carboxylic acids is 1. The van der Waals surface area contributed by atoms with Crippen molar-refractivity contribution in [3.05, 3.63) is 65.8 Å². The molecule has 3 aromatic rings. The van der Waals surface area contributed by atoms with Crippen molar-refractivity contribution in [3.8, 4) is 0 Å². The van der Waals surface area contributed by atoms with Crippen molar-refractivity contribution >= 4 is 5.91 Å². The molecule has 0 saturated heterocycles. The third-order valence-corrected chi connectivity index (χ3v) is 4.68. The SMILES string of the molecule is Cc1ccc(C(=O)N2CCn3c(Cn4cccn4)cnc3C2C)cn1. The van der Waals surface area contributed by atoms with Crippen molar-refractivity contribution in [3.63, 3.8) is 0 Å². The van der Waals surface area contributed by atoms with Gasteiger partial charge in [0.15, 0.2) is 0 Å². The van der Waals surface area contributed by atoms with Crippen LogP contribution in [0, 0.1) is 6.92 Å². The first-order chi connectivity index (χ1) is 12.1. The van der Waals surface area contributed by atoms with E-state index >= 15 is 0 Å². The summed E-state index contributed by atoms with van der Waals surface area (Å²) in [6, 6.07) is 5.53. The molecule has 1 aliphatic rings. The van der Waals surface area contributed by atoms with Gasteiger partial charge in [-0.3, -0.25) is 14.5 Å². The summed E-state index contributed by atoms with van der Waals surface area (Å²) < 4.78 is 4.08. The van der Waals surface area contributed by atoms with E-state index in [1.807, 2.05) is 54.0 Å². The van der Waals surface area contributed by atoms with Crippen LogP contribution in [0.1, 0.15) is 40.5 Å². The average Bonchev–Trinajstić information content (AvgIpc) is 3.26. The van der Waals surface area contributed by atoms with Crippen molar-refractivity contribution < 1.29 is 4.79 Å². The third-order valence-electron chi connectivity index (χ3n) is 4.68. The van der Waals surface area contributed by atoms with Gasteiger partial charge in [-0.15, -0.1) is 0 Å². The highest BCUT2D eigenvalue weighted by Crippen LogP contribution is 2.27. The van der Waals surface area contributed by atoms with Crippen LogP contribution >= 0.6 is 0 Å². The molecule has 1 amide bonds. The molecule has 0 fully saturated rings. The van der Waals surface area contributed by atoms with E-state index in [0.717, 1.165) is 23.8 Å². The molecule has 1 atom stereocenters. The second-order valence-electron chi connectivity index (χ2n) is 6.33. The molecule has 0 saturated carbocycles. The van der Waals surface area contributed by atoms with Gasteiger partial charge in [0.05, 0.1) is 30.0 Å². The molecule has 0 aromatic carbocycles. The van der Waals surface area contributed by atoms with Crippen LogP contribution in [0.4, 0.5) is 0 Å². The summed E-state index contributed by atoms with van der Waals surface area (Å²) in [6.07, 6.45) is 7.24. The molecule has 1 unspecified atom stereocenters. The van der Waals surface area contributed by atoms with Gasteiger partial charge in [-0.2, -0.15) is 5.10 Å². The van der Waals surface area contributed by atoms with E-state index in [-0.39, 0.29) is 11.9 Å². The van der Waals surface area contributed by atoms with E-state index < -0.39 is 0 Å². The Labute approximate surface area is 145 Å². The summed E-state index contributed by atoms with van der Waals surface area (Å²) in [7, 11) is 0. The predicted molar refractivity (Wildman–Crippen MR) is 92.0 cm³/mol. The Morgan fingerprint density at radius 1 is 1.24 bits per heavy atom. The van der Waals surface area contributed by atoms with Gasteiger partial charge in [-0.1, -0.05) is 0 Å². The molecular weight excluding hydrogens is 316 g/mol. The fourth-order valence-electron chi connectivity index (χ4n) is 3.28. The van der Waals surface area contributed by atoms with Gasteiger partial charge >= 0.3 is 0 Å². The van der Waals surface area contributed by atoms with Crippen molar-refractivity contribution in [2.75, 3.05) is 6.54 Å². The Bertz CT molecular complexity index is 881. The highest BCUT2D eigenvalue weighted by Gasteiger charge is 2.31. The Morgan fingerprint density at radius 2 is 2.12 bits per heavy atom. The van der Waals surface area contributed by atoms with Crippen molar-refractivity contribution in [2.24, 2.45) is 0 Å². The minimum atomic E-state index is -0.0751. The lowest BCUT2D eigenvalue weighted by Gasteiger charge is -2.34. The summed E-state index contributed by atoms with van der Waals surface area (Å²) in [5.74, 6) is 0.921. The summed E-state index contributed by atoms with van der Waals surface area (Å²) in [4.78, 5) is 23.5. The number of imidazole rings is 1. The zero-order valence-corrected chi connectivity index (χ0v) is 14.3. The lowest BCUT2D eigenvalue weighted by molar-refractivity contribution is 0.0635. The molecule has 0 N–H and O–H groups in total. The summed E-state index contributed by atoms with van der Waals surface area (Å²) >= 11 is 0. The monoisotopic (exact) mass is 336 g/mol. The van der Waals surface area contributed by atoms with Crippen LogP contribution in [0.15, 0.2) is 43.0 Å². The zero-order chi connectivity index (χ0) is 17.4. The molecule has 0 spiro atoms. The summed E-state index contributed by atoms with van der Waals surface area (Å²) in [5.41, 5.74) is 2.63. The summed E-state index contributed by atoms with van der Waals surface area (Å²) in [6.45, 7) is 6.01. The van der Waals surface area contributed by atoms with Crippen LogP contribution in [0.3, 0.4) is 0 Å². The number of aromatic nitrogens is 5. The van der Waals surface area contributed by atoms with Gasteiger partial charge < -0.3 is 9.47 Å². The van der Waals surface area contributed by atoms with Gasteiger partial charge in [0.25, 0.3) is 5.91 Å². The number of fused-ring (bicyclic) bond motifs is 1. The van der Waals surface area contributed by atoms with Crippen LogP contribution < -0.4 is 0 Å². The molecule has 0 radical (unpaired) electrons. The predicted octanol–water partition coefficient (Wildman–Crippen LogP) is 2.05. The normalized spacial score (nSPS) is 16.7. The number of hydrogen-bond donors (Lipinski definition) is 0. The zero-order valence-electron chi connectivity index (χ0n) is 14.3. The van der Waals surface area contributed by atoms with Gasteiger partial charge in [0.1, 0.15) is 5.82 Å². The number of amides is 1. The molecule has 7 heteroatoms. The molecule has 128 valence electrons. The maximum atomic E-state index is 12.8. The molecule has 0 aliphatic carbocycles. The highest BCUT2D eigenvalue weighted by molar-refractivity contribution is 5.94. The first kappa shape index (κ1) is 15.6. The Hall–Kier alpha value is -2.96. The fourth-order valence-corrected chi connectivity index (χ4v) is 3.28. The third kappa shape index (κ3) is 2.82. The highest BCUT2D eigenvalue weighted by atomic mass is 16.2. The maximum absolute atomic E-state index is 12.8. The lowest BCUT2D eigenvalue weighted by atomic mass is 10.1. The quantitative estimate of drug-likeness (QED) is 0.734. The van der Waals surface area contributed by atoms with Crippen molar-refractivity contribution in [1.82, 2.24) is 29.2 Å². The number of pyridine rings is 1. The van der Waals surface area contributed by atoms with Crippen molar-refractivity contribution in [1.29, 1.82) is 0 Å². The fraction of sp³-hybridized carbons (Fsp3) is 0.333. The first-order valence-corrected chi connectivity index (χ1v) is 8.39. The van der Waals surface area contributed by atoms with Crippen LogP contribution in [-0.4, -0.2) is 41.7 Å². The van der Waals surface area contributed by atoms with Crippen LogP contribution in [0.25, 0.3) is 0 Å². The van der Waals surface area contributed by atoms with Gasteiger partial charge in [0, 0.05) is 37.4 Å². The Kier molecular flexibility index (Phi) is 3.83. The number of rotatable bonds is 3. The topological polar surface area (TPSA) is 68.8 Å². The van der Waals surface area contributed by atoms with Gasteiger partial charge in [-0.05, 0) is 32.0 Å². The Morgan fingerprint density at radius 3 is 2.84 bits per heavy atom. The van der Waals surface area contributed by atoms with E-state index in [1.165, 1.54) is 0 Å². The number of carbonyl (C=O) groups is 1. The number of hydrogen-bond acceptors (Lipinski definition) is 4. The minimum Gasteiger partial charge on any atom is -0.327 e. The van der Waals surface area contributed by atoms with E-state index in [2.05, 4.69) is 19.6 Å². The smallest absolute Gasteiger partial charge is 0.256 e. The molecule has 1 aliphatic heterocycles. The molecule has 25 heavy (non-hydrogen) atoms. The first-order valence-electron chi connectivity index (χ1n) is 8.39. The van der Waals surface area contributed by atoms with Gasteiger partial charge in [-0.25, -0.2) is 4.98 Å². The number of aryl methyl sites for hydroxylation is 1. The van der Waals surface area contributed by atoms with Crippen molar-refractivity contribution in [2.45, 2.75) is 33.0 Å². The van der Waals surface area contributed by atoms with Crippen LogP contribution in [0.2, 0.25) is 0 Å². The molecule has 3 aromatic heterocycles. The number of nitrogens with zero attached hydrogens (tertiary/aromatic N) is 6. The minimum absolute atomic E-state index is 0.00266. The summed E-state index contributed by atoms with van der Waals surface area (Å²) in [5, 5.41) is 4.25. The van der Waals surface area contributed by atoms with Gasteiger partial charge in [0.2, 0.25) is 0 Å². The molecule has 4 rings (SSSR count). The average molecular weight is 336 g/mol. The molecular formula is C18H20N6O. The van der Waals surface area contributed by atoms with E-state index in [9.17, 15) is 4.79 Å². The lowest BCUT2D eigenvalue weighted by Crippen LogP contribution is -2.41. The van der Waals surface area contributed by atoms with E-state index in [4.69, 9.17) is 0 Å². The van der Waals surface area contributed by atoms with E-state index in [1.54, 1.807) is 12.4 Å². The molecule has 7 nitrogen and oxygen atoms in total. The van der Waals surface area contributed by atoms with E-state index in [0.29, 0.717) is 18.7 Å². The molecule has 4 heterocycles. The standard InChI is InChI=1S/C18H20N6O/c1-13-4-5-15(10-19-13)18(25)23-8-9-24-16(11-20-17(24)14(23)2)12-22-7-3-6-21-22/h3-7,10-11,14H,8-9,12H2,1-2H3. The second-order valence-corrected chi connectivity index (χ2v) is 6.33. The Balaban J connectivity index is 1.57.